The third-order valence-corrected chi connectivity index (χ3v) is 3.68. The number of rotatable bonds is 5. The Bertz CT molecular complexity index is 553. The Morgan fingerprint density at radius 1 is 1.33 bits per heavy atom. The highest BCUT2D eigenvalue weighted by molar-refractivity contribution is 6.01. The summed E-state index contributed by atoms with van der Waals surface area (Å²) in [5.74, 6) is -0.405. The van der Waals surface area contributed by atoms with Crippen molar-refractivity contribution < 1.29 is 19.1 Å². The summed E-state index contributed by atoms with van der Waals surface area (Å²) in [4.78, 5) is 24.4. The molecule has 1 fully saturated rings. The van der Waals surface area contributed by atoms with E-state index in [1.165, 1.54) is 0 Å². The number of hydrogen-bond acceptors (Lipinski definition) is 4. The zero-order valence-corrected chi connectivity index (χ0v) is 12.6. The van der Waals surface area contributed by atoms with Crippen LogP contribution in [0.4, 0.5) is 0 Å². The van der Waals surface area contributed by atoms with Gasteiger partial charge in [-0.3, -0.25) is 9.59 Å². The van der Waals surface area contributed by atoms with Crippen molar-refractivity contribution in [1.82, 2.24) is 0 Å². The molecule has 1 aliphatic rings. The molecule has 0 radical (unpaired) electrons. The molecule has 112 valence electrons. The average molecular weight is 288 g/mol. The highest BCUT2D eigenvalue weighted by Crippen LogP contribution is 2.29. The Labute approximate surface area is 124 Å². The van der Waals surface area contributed by atoms with Gasteiger partial charge in [0.1, 0.15) is 12.4 Å². The molecule has 1 aromatic rings. The molecule has 2 atom stereocenters. The van der Waals surface area contributed by atoms with Gasteiger partial charge in [0.05, 0.1) is 18.9 Å². The highest BCUT2D eigenvalue weighted by atomic mass is 16.5. The van der Waals surface area contributed by atoms with Gasteiger partial charge in [0.25, 0.3) is 0 Å². The molecule has 4 nitrogen and oxygen atoms in total. The number of ketones is 1. The third kappa shape index (κ3) is 3.51. The quantitative estimate of drug-likeness (QED) is 0.475. The smallest absolute Gasteiger partial charge is 0.310 e. The fourth-order valence-electron chi connectivity index (χ4n) is 2.41. The van der Waals surface area contributed by atoms with Gasteiger partial charge in [-0.2, -0.15) is 0 Å². The van der Waals surface area contributed by atoms with Crippen LogP contribution >= 0.6 is 0 Å². The molecule has 0 N–H and O–H groups in total. The summed E-state index contributed by atoms with van der Waals surface area (Å²) in [6.07, 6.45) is 2.53. The first-order chi connectivity index (χ1) is 10.0. The Hall–Kier alpha value is -2.10. The lowest BCUT2D eigenvalue weighted by molar-refractivity contribution is -0.141. The van der Waals surface area contributed by atoms with E-state index in [2.05, 4.69) is 0 Å². The molecule has 0 amide bonds. The first-order valence-corrected chi connectivity index (χ1v) is 7.01. The first kappa shape index (κ1) is 15.3. The average Bonchev–Trinajstić information content (AvgIpc) is 2.85. The summed E-state index contributed by atoms with van der Waals surface area (Å²) in [6.45, 7) is 4.12. The van der Waals surface area contributed by atoms with E-state index < -0.39 is 5.92 Å². The van der Waals surface area contributed by atoms with Crippen LogP contribution < -0.4 is 4.74 Å². The van der Waals surface area contributed by atoms with Gasteiger partial charge in [-0.15, -0.1) is 0 Å². The normalized spacial score (nSPS) is 20.8. The summed E-state index contributed by atoms with van der Waals surface area (Å²) in [5, 5.41) is 0. The van der Waals surface area contributed by atoms with Crippen LogP contribution in [-0.4, -0.2) is 25.5 Å². The number of hydrogen-bond donors (Lipinski definition) is 0. The number of Topliss-reactive ketones (excluding diaryl/α,β-unsaturated/α-hetero) is 1. The Morgan fingerprint density at radius 3 is 2.57 bits per heavy atom. The molecule has 1 aromatic carbocycles. The van der Waals surface area contributed by atoms with Crippen LogP contribution in [0.2, 0.25) is 0 Å². The maximum absolute atomic E-state index is 12.6. The fourth-order valence-corrected chi connectivity index (χ4v) is 2.41. The molecule has 0 bridgehead atoms. The number of cyclic esters (lactones) is 1. The van der Waals surface area contributed by atoms with Crippen molar-refractivity contribution in [3.05, 3.63) is 41.5 Å². The van der Waals surface area contributed by atoms with Crippen LogP contribution in [0.3, 0.4) is 0 Å². The number of allylic oxidation sites excluding steroid dienone is 2. The van der Waals surface area contributed by atoms with Crippen LogP contribution in [0.5, 0.6) is 5.75 Å². The minimum Gasteiger partial charge on any atom is -0.497 e. The van der Waals surface area contributed by atoms with E-state index in [9.17, 15) is 9.59 Å². The second-order valence-electron chi connectivity index (χ2n) is 5.45. The van der Waals surface area contributed by atoms with E-state index in [0.29, 0.717) is 17.7 Å². The topological polar surface area (TPSA) is 52.6 Å². The van der Waals surface area contributed by atoms with Crippen molar-refractivity contribution in [2.24, 2.45) is 11.8 Å². The van der Waals surface area contributed by atoms with E-state index in [1.807, 2.05) is 19.9 Å². The van der Waals surface area contributed by atoms with Crippen molar-refractivity contribution in [2.45, 2.75) is 20.3 Å². The maximum atomic E-state index is 12.6. The lowest BCUT2D eigenvalue weighted by atomic mass is 9.85. The molecule has 0 unspecified atom stereocenters. The van der Waals surface area contributed by atoms with Crippen LogP contribution in [0.15, 0.2) is 35.9 Å². The molecule has 0 spiro atoms. The highest BCUT2D eigenvalue weighted by Gasteiger charge is 2.40. The van der Waals surface area contributed by atoms with Crippen molar-refractivity contribution in [2.75, 3.05) is 13.7 Å². The summed E-state index contributed by atoms with van der Waals surface area (Å²) >= 11 is 0. The van der Waals surface area contributed by atoms with Gasteiger partial charge in [-0.05, 0) is 44.5 Å². The van der Waals surface area contributed by atoms with Gasteiger partial charge in [0.2, 0.25) is 0 Å². The lowest BCUT2D eigenvalue weighted by Gasteiger charge is -2.13. The zero-order chi connectivity index (χ0) is 15.4. The molecule has 1 saturated heterocycles. The standard InChI is InChI=1S/C17H20O4/c1-11(2)4-9-14-15(10-21-17(14)19)16(18)12-5-7-13(20-3)8-6-12/h4-8,14-15H,9-10H2,1-3H3/t14-,15+/m0/s1. The molecule has 0 aromatic heterocycles. The molecule has 2 rings (SSSR count). The lowest BCUT2D eigenvalue weighted by Crippen LogP contribution is -2.24. The Balaban J connectivity index is 2.16. The summed E-state index contributed by atoms with van der Waals surface area (Å²) in [6, 6.07) is 6.94. The van der Waals surface area contributed by atoms with E-state index in [4.69, 9.17) is 9.47 Å². The van der Waals surface area contributed by atoms with Gasteiger partial charge in [0.15, 0.2) is 5.78 Å². The SMILES string of the molecule is COc1ccc(C(=O)[C@@H]2COC(=O)[C@H]2CC=C(C)C)cc1. The van der Waals surface area contributed by atoms with Gasteiger partial charge >= 0.3 is 5.97 Å². The second kappa shape index (κ2) is 6.57. The van der Waals surface area contributed by atoms with Crippen molar-refractivity contribution in [3.63, 3.8) is 0 Å². The molecule has 0 aliphatic carbocycles. The largest absolute Gasteiger partial charge is 0.497 e. The van der Waals surface area contributed by atoms with E-state index in [1.54, 1.807) is 31.4 Å². The third-order valence-electron chi connectivity index (χ3n) is 3.68. The van der Waals surface area contributed by atoms with Crippen LogP contribution in [0.25, 0.3) is 0 Å². The molecular formula is C17H20O4. The number of ether oxygens (including phenoxy) is 2. The van der Waals surface area contributed by atoms with Crippen LogP contribution in [0, 0.1) is 11.8 Å². The van der Waals surface area contributed by atoms with E-state index in [0.717, 1.165) is 5.57 Å². The van der Waals surface area contributed by atoms with Crippen LogP contribution in [-0.2, 0) is 9.53 Å². The number of carbonyl (C=O) groups is 2. The summed E-state index contributed by atoms with van der Waals surface area (Å²) in [5.41, 5.74) is 1.71. The van der Waals surface area contributed by atoms with Gasteiger partial charge in [0, 0.05) is 5.56 Å². The molecule has 1 heterocycles. The monoisotopic (exact) mass is 288 g/mol. The van der Waals surface area contributed by atoms with E-state index >= 15 is 0 Å². The summed E-state index contributed by atoms with van der Waals surface area (Å²) < 4.78 is 10.2. The fraction of sp³-hybridized carbons (Fsp3) is 0.412. The molecule has 21 heavy (non-hydrogen) atoms. The molecule has 4 heteroatoms. The molecule has 1 aliphatic heterocycles. The molecule has 0 saturated carbocycles. The molecular weight excluding hydrogens is 268 g/mol. The van der Waals surface area contributed by atoms with Gasteiger partial charge < -0.3 is 9.47 Å². The second-order valence-corrected chi connectivity index (χ2v) is 5.45. The van der Waals surface area contributed by atoms with Gasteiger partial charge in [-0.25, -0.2) is 0 Å². The number of esters is 1. The zero-order valence-electron chi connectivity index (χ0n) is 12.6. The predicted molar refractivity (Wildman–Crippen MR) is 79.3 cm³/mol. The van der Waals surface area contributed by atoms with E-state index in [-0.39, 0.29) is 24.3 Å². The predicted octanol–water partition coefficient (Wildman–Crippen LogP) is 3.02. The van der Waals surface area contributed by atoms with Crippen molar-refractivity contribution in [1.29, 1.82) is 0 Å². The maximum Gasteiger partial charge on any atom is 0.310 e. The Morgan fingerprint density at radius 2 is 2.00 bits per heavy atom. The summed E-state index contributed by atoms with van der Waals surface area (Å²) in [7, 11) is 1.58. The Kier molecular flexibility index (Phi) is 4.78. The van der Waals surface area contributed by atoms with Crippen molar-refractivity contribution >= 4 is 11.8 Å². The number of methoxy groups -OCH3 is 1. The van der Waals surface area contributed by atoms with Crippen molar-refractivity contribution in [3.8, 4) is 5.75 Å². The first-order valence-electron chi connectivity index (χ1n) is 7.01. The minimum absolute atomic E-state index is 0.0457. The minimum atomic E-state index is -0.401. The van der Waals surface area contributed by atoms with Gasteiger partial charge in [-0.1, -0.05) is 11.6 Å². The van der Waals surface area contributed by atoms with Crippen LogP contribution in [0.1, 0.15) is 30.6 Å². The number of benzene rings is 1. The number of carbonyl (C=O) groups excluding carboxylic acids is 2.